The molecule has 0 bridgehead atoms. The normalized spacial score (nSPS) is 16.9. The quantitative estimate of drug-likeness (QED) is 0.864. The highest BCUT2D eigenvalue weighted by Gasteiger charge is 2.19. The van der Waals surface area contributed by atoms with Crippen LogP contribution in [0.25, 0.3) is 0 Å². The first-order chi connectivity index (χ1) is 9.19. The molecule has 1 fully saturated rings. The number of rotatable bonds is 5. The SMILES string of the molecule is CCNCC1CCN(Cc2ccc(Cl)cc2Cl)CC1.Cl. The van der Waals surface area contributed by atoms with E-state index in [4.69, 9.17) is 23.2 Å². The number of nitrogens with one attached hydrogen (secondary N) is 1. The second kappa shape index (κ2) is 9.11. The summed E-state index contributed by atoms with van der Waals surface area (Å²) in [7, 11) is 0. The maximum atomic E-state index is 6.22. The zero-order valence-electron chi connectivity index (χ0n) is 11.9. The van der Waals surface area contributed by atoms with Gasteiger partial charge in [-0.05, 0) is 62.6 Å². The van der Waals surface area contributed by atoms with E-state index in [1.54, 1.807) is 0 Å². The van der Waals surface area contributed by atoms with Gasteiger partial charge in [0.15, 0.2) is 0 Å². The van der Waals surface area contributed by atoms with Gasteiger partial charge in [0.1, 0.15) is 0 Å². The zero-order chi connectivity index (χ0) is 13.7. The minimum absolute atomic E-state index is 0. The average Bonchev–Trinajstić information content (AvgIpc) is 2.41. The second-order valence-corrected chi connectivity index (χ2v) is 6.11. The number of likely N-dealkylation sites (tertiary alicyclic amines) is 1. The molecule has 2 rings (SSSR count). The molecule has 1 saturated heterocycles. The zero-order valence-corrected chi connectivity index (χ0v) is 14.2. The molecule has 0 unspecified atom stereocenters. The summed E-state index contributed by atoms with van der Waals surface area (Å²) < 4.78 is 0. The smallest absolute Gasteiger partial charge is 0.0465 e. The molecule has 1 N–H and O–H groups in total. The Balaban J connectivity index is 0.00000200. The summed E-state index contributed by atoms with van der Waals surface area (Å²) in [4.78, 5) is 2.48. The van der Waals surface area contributed by atoms with E-state index >= 15 is 0 Å². The van der Waals surface area contributed by atoms with Crippen LogP contribution in [0, 0.1) is 5.92 Å². The molecular weight excluding hydrogens is 315 g/mol. The van der Waals surface area contributed by atoms with Gasteiger partial charge in [0.2, 0.25) is 0 Å². The van der Waals surface area contributed by atoms with E-state index in [9.17, 15) is 0 Å². The first-order valence-electron chi connectivity index (χ1n) is 7.06. The van der Waals surface area contributed by atoms with Crippen LogP contribution in [-0.4, -0.2) is 31.1 Å². The van der Waals surface area contributed by atoms with Gasteiger partial charge in [0.05, 0.1) is 0 Å². The number of hydrogen-bond donors (Lipinski definition) is 1. The van der Waals surface area contributed by atoms with Gasteiger partial charge < -0.3 is 5.32 Å². The lowest BCUT2D eigenvalue weighted by Crippen LogP contribution is -2.36. The Morgan fingerprint density at radius 3 is 2.55 bits per heavy atom. The molecule has 0 saturated carbocycles. The van der Waals surface area contributed by atoms with E-state index in [1.807, 2.05) is 18.2 Å². The van der Waals surface area contributed by atoms with Crippen molar-refractivity contribution in [1.29, 1.82) is 0 Å². The van der Waals surface area contributed by atoms with Gasteiger partial charge in [-0.15, -0.1) is 12.4 Å². The first kappa shape index (κ1) is 18.1. The van der Waals surface area contributed by atoms with Crippen LogP contribution < -0.4 is 5.32 Å². The third-order valence-electron chi connectivity index (χ3n) is 3.80. The predicted molar refractivity (Wildman–Crippen MR) is 90.3 cm³/mol. The van der Waals surface area contributed by atoms with Gasteiger partial charge in [-0.3, -0.25) is 4.90 Å². The molecular formula is C15H23Cl3N2. The molecule has 1 aromatic rings. The molecule has 1 aliphatic rings. The number of piperidine rings is 1. The van der Waals surface area contributed by atoms with Gasteiger partial charge in [-0.1, -0.05) is 36.2 Å². The maximum Gasteiger partial charge on any atom is 0.0465 e. The van der Waals surface area contributed by atoms with Crippen LogP contribution >= 0.6 is 35.6 Å². The van der Waals surface area contributed by atoms with E-state index in [-0.39, 0.29) is 12.4 Å². The largest absolute Gasteiger partial charge is 0.317 e. The molecule has 1 aliphatic heterocycles. The molecule has 20 heavy (non-hydrogen) atoms. The maximum absolute atomic E-state index is 6.22. The summed E-state index contributed by atoms with van der Waals surface area (Å²) in [5.74, 6) is 0.830. The lowest BCUT2D eigenvalue weighted by molar-refractivity contribution is 0.176. The van der Waals surface area contributed by atoms with Gasteiger partial charge in [0.25, 0.3) is 0 Å². The number of benzene rings is 1. The highest BCUT2D eigenvalue weighted by Crippen LogP contribution is 2.24. The Labute approximate surface area is 138 Å². The summed E-state index contributed by atoms with van der Waals surface area (Å²) >= 11 is 12.1. The molecule has 0 aliphatic carbocycles. The van der Waals surface area contributed by atoms with Crippen molar-refractivity contribution in [3.63, 3.8) is 0 Å². The summed E-state index contributed by atoms with van der Waals surface area (Å²) in [5.41, 5.74) is 1.18. The van der Waals surface area contributed by atoms with Crippen LogP contribution in [0.5, 0.6) is 0 Å². The second-order valence-electron chi connectivity index (χ2n) is 5.26. The van der Waals surface area contributed by atoms with Gasteiger partial charge in [-0.2, -0.15) is 0 Å². The topological polar surface area (TPSA) is 15.3 Å². The van der Waals surface area contributed by atoms with Gasteiger partial charge in [-0.25, -0.2) is 0 Å². The van der Waals surface area contributed by atoms with E-state index in [2.05, 4.69) is 17.1 Å². The van der Waals surface area contributed by atoms with Crippen molar-refractivity contribution in [2.75, 3.05) is 26.2 Å². The highest BCUT2D eigenvalue weighted by atomic mass is 35.5. The number of halogens is 3. The molecule has 1 aromatic carbocycles. The van der Waals surface area contributed by atoms with Crippen molar-refractivity contribution in [1.82, 2.24) is 10.2 Å². The van der Waals surface area contributed by atoms with Crippen LogP contribution in [0.15, 0.2) is 18.2 Å². The van der Waals surface area contributed by atoms with Gasteiger partial charge in [0, 0.05) is 16.6 Å². The van der Waals surface area contributed by atoms with E-state index < -0.39 is 0 Å². The Kier molecular flexibility index (Phi) is 8.23. The molecule has 0 spiro atoms. The fraction of sp³-hybridized carbons (Fsp3) is 0.600. The van der Waals surface area contributed by atoms with Crippen LogP contribution in [0.4, 0.5) is 0 Å². The van der Waals surface area contributed by atoms with Crippen LogP contribution in [-0.2, 0) is 6.54 Å². The Morgan fingerprint density at radius 2 is 1.95 bits per heavy atom. The number of nitrogens with zero attached hydrogens (tertiary/aromatic N) is 1. The summed E-state index contributed by atoms with van der Waals surface area (Å²) in [5, 5.41) is 4.93. The summed E-state index contributed by atoms with van der Waals surface area (Å²) in [6.07, 6.45) is 2.55. The third-order valence-corrected chi connectivity index (χ3v) is 4.39. The molecule has 114 valence electrons. The summed E-state index contributed by atoms with van der Waals surface area (Å²) in [6, 6.07) is 5.78. The van der Waals surface area contributed by atoms with Crippen molar-refractivity contribution in [3.05, 3.63) is 33.8 Å². The molecule has 0 aromatic heterocycles. The van der Waals surface area contributed by atoms with Crippen LogP contribution in [0.1, 0.15) is 25.3 Å². The third kappa shape index (κ3) is 5.42. The van der Waals surface area contributed by atoms with Crippen molar-refractivity contribution >= 4 is 35.6 Å². The lowest BCUT2D eigenvalue weighted by atomic mass is 9.96. The fourth-order valence-electron chi connectivity index (χ4n) is 2.59. The van der Waals surface area contributed by atoms with Gasteiger partial charge >= 0.3 is 0 Å². The first-order valence-corrected chi connectivity index (χ1v) is 7.81. The van der Waals surface area contributed by atoms with Crippen molar-refractivity contribution in [2.24, 2.45) is 5.92 Å². The standard InChI is InChI=1S/C15H22Cl2N2.ClH/c1-2-18-10-12-5-7-19(8-6-12)11-13-3-4-14(16)9-15(13)17;/h3-4,9,12,18H,2,5-8,10-11H2,1H3;1H. The minimum atomic E-state index is 0. The monoisotopic (exact) mass is 336 g/mol. The number of hydrogen-bond acceptors (Lipinski definition) is 2. The van der Waals surface area contributed by atoms with Crippen molar-refractivity contribution in [3.8, 4) is 0 Å². The van der Waals surface area contributed by atoms with E-state index in [0.29, 0.717) is 5.02 Å². The molecule has 5 heteroatoms. The fourth-order valence-corrected chi connectivity index (χ4v) is 3.06. The Hall–Kier alpha value is 0.01000. The Morgan fingerprint density at radius 1 is 1.25 bits per heavy atom. The van der Waals surface area contributed by atoms with Crippen molar-refractivity contribution < 1.29 is 0 Å². The van der Waals surface area contributed by atoms with Crippen molar-refractivity contribution in [2.45, 2.75) is 26.3 Å². The predicted octanol–water partition coefficient (Wildman–Crippen LogP) is 4.24. The molecule has 1 heterocycles. The molecule has 2 nitrogen and oxygen atoms in total. The Bertz CT molecular complexity index is 404. The minimum Gasteiger partial charge on any atom is -0.317 e. The highest BCUT2D eigenvalue weighted by molar-refractivity contribution is 6.35. The van der Waals surface area contributed by atoms with Crippen LogP contribution in [0.2, 0.25) is 10.0 Å². The summed E-state index contributed by atoms with van der Waals surface area (Å²) in [6.45, 7) is 7.65. The van der Waals surface area contributed by atoms with E-state index in [0.717, 1.165) is 43.7 Å². The molecule has 0 amide bonds. The van der Waals surface area contributed by atoms with E-state index in [1.165, 1.54) is 18.4 Å². The molecule has 0 radical (unpaired) electrons. The average molecular weight is 338 g/mol. The lowest BCUT2D eigenvalue weighted by Gasteiger charge is -2.32. The molecule has 0 atom stereocenters. The van der Waals surface area contributed by atoms with Crippen LogP contribution in [0.3, 0.4) is 0 Å².